The van der Waals surface area contributed by atoms with Gasteiger partial charge in [0.2, 0.25) is 10.0 Å². The van der Waals surface area contributed by atoms with E-state index in [4.69, 9.17) is 10.5 Å². The third-order valence-corrected chi connectivity index (χ3v) is 4.28. The molecular formula is C12H18F2N2O3S. The Morgan fingerprint density at radius 3 is 2.55 bits per heavy atom. The molecule has 0 amide bonds. The van der Waals surface area contributed by atoms with Crippen LogP contribution in [0.3, 0.4) is 0 Å². The van der Waals surface area contributed by atoms with Crippen LogP contribution in [-0.2, 0) is 21.3 Å². The minimum absolute atomic E-state index is 0.0883. The predicted octanol–water partition coefficient (Wildman–Crippen LogP) is 1.13. The summed E-state index contributed by atoms with van der Waals surface area (Å²) in [7, 11) is -2.76. The Morgan fingerprint density at radius 2 is 2.05 bits per heavy atom. The van der Waals surface area contributed by atoms with Gasteiger partial charge < -0.3 is 10.5 Å². The lowest BCUT2D eigenvalue weighted by Gasteiger charge is -2.17. The monoisotopic (exact) mass is 308 g/mol. The Bertz CT molecular complexity index is 564. The Labute approximate surface area is 117 Å². The van der Waals surface area contributed by atoms with E-state index in [1.54, 1.807) is 6.92 Å². The molecule has 5 nitrogen and oxygen atoms in total. The van der Waals surface area contributed by atoms with E-state index in [0.29, 0.717) is 6.42 Å². The van der Waals surface area contributed by atoms with Gasteiger partial charge in [0.1, 0.15) is 4.90 Å². The number of methoxy groups -OCH3 is 1. The highest BCUT2D eigenvalue weighted by atomic mass is 32.2. The first-order valence-electron chi connectivity index (χ1n) is 6.05. The molecule has 0 aliphatic carbocycles. The Hall–Kier alpha value is -1.09. The van der Waals surface area contributed by atoms with Crippen LogP contribution in [-0.4, -0.2) is 28.2 Å². The van der Waals surface area contributed by atoms with Crippen molar-refractivity contribution >= 4 is 10.0 Å². The second-order valence-electron chi connectivity index (χ2n) is 4.28. The van der Waals surface area contributed by atoms with Gasteiger partial charge in [0.15, 0.2) is 11.6 Å². The predicted molar refractivity (Wildman–Crippen MR) is 70.5 cm³/mol. The maximum absolute atomic E-state index is 13.7. The van der Waals surface area contributed by atoms with Gasteiger partial charge in [-0.2, -0.15) is 0 Å². The van der Waals surface area contributed by atoms with Gasteiger partial charge in [0.25, 0.3) is 0 Å². The second kappa shape index (κ2) is 7.07. The molecule has 0 bridgehead atoms. The minimum Gasteiger partial charge on any atom is -0.383 e. The molecule has 1 aromatic carbocycles. The first-order chi connectivity index (χ1) is 9.35. The van der Waals surface area contributed by atoms with Crippen molar-refractivity contribution in [2.24, 2.45) is 5.73 Å². The smallest absolute Gasteiger partial charge is 0.243 e. The molecule has 0 aliphatic rings. The van der Waals surface area contributed by atoms with Crippen LogP contribution < -0.4 is 10.5 Å². The lowest BCUT2D eigenvalue weighted by molar-refractivity contribution is 0.173. The molecule has 0 aliphatic heterocycles. The highest BCUT2D eigenvalue weighted by Gasteiger charge is 2.25. The number of ether oxygens (including phenoxy) is 1. The van der Waals surface area contributed by atoms with E-state index in [0.717, 1.165) is 12.1 Å². The Balaban J connectivity index is 3.18. The summed E-state index contributed by atoms with van der Waals surface area (Å²) >= 11 is 0. The molecule has 0 saturated carbocycles. The molecule has 1 atom stereocenters. The van der Waals surface area contributed by atoms with Gasteiger partial charge in [0.05, 0.1) is 6.61 Å². The molecule has 0 heterocycles. The summed E-state index contributed by atoms with van der Waals surface area (Å²) in [6.07, 6.45) is 0.452. The summed E-state index contributed by atoms with van der Waals surface area (Å²) in [5.41, 5.74) is 5.53. The zero-order valence-corrected chi connectivity index (χ0v) is 12.1. The number of benzene rings is 1. The van der Waals surface area contributed by atoms with Crippen LogP contribution in [0, 0.1) is 11.6 Å². The van der Waals surface area contributed by atoms with E-state index < -0.39 is 32.6 Å². The topological polar surface area (TPSA) is 81.4 Å². The Morgan fingerprint density at radius 1 is 1.40 bits per heavy atom. The third-order valence-electron chi connectivity index (χ3n) is 2.76. The van der Waals surface area contributed by atoms with Crippen molar-refractivity contribution in [3.63, 3.8) is 0 Å². The maximum atomic E-state index is 13.7. The van der Waals surface area contributed by atoms with Crippen LogP contribution in [0.25, 0.3) is 0 Å². The van der Waals surface area contributed by atoms with E-state index >= 15 is 0 Å². The van der Waals surface area contributed by atoms with Crippen LogP contribution >= 0.6 is 0 Å². The molecule has 8 heteroatoms. The largest absolute Gasteiger partial charge is 0.383 e. The molecule has 1 unspecified atom stereocenters. The number of sulfonamides is 1. The molecule has 0 radical (unpaired) electrons. The normalized spacial score (nSPS) is 13.4. The van der Waals surface area contributed by atoms with Gasteiger partial charge in [-0.15, -0.1) is 0 Å². The van der Waals surface area contributed by atoms with Gasteiger partial charge in [-0.3, -0.25) is 0 Å². The number of rotatable bonds is 7. The molecule has 20 heavy (non-hydrogen) atoms. The van der Waals surface area contributed by atoms with Crippen molar-refractivity contribution in [1.29, 1.82) is 0 Å². The van der Waals surface area contributed by atoms with Gasteiger partial charge in [-0.05, 0) is 24.1 Å². The second-order valence-corrected chi connectivity index (χ2v) is 5.96. The zero-order chi connectivity index (χ0) is 15.3. The van der Waals surface area contributed by atoms with Crippen molar-refractivity contribution in [2.75, 3.05) is 13.7 Å². The average molecular weight is 308 g/mol. The molecule has 3 N–H and O–H groups in total. The van der Waals surface area contributed by atoms with Crippen molar-refractivity contribution < 1.29 is 21.9 Å². The highest BCUT2D eigenvalue weighted by molar-refractivity contribution is 7.89. The summed E-state index contributed by atoms with van der Waals surface area (Å²) < 4.78 is 58.4. The molecule has 1 rings (SSSR count). The molecule has 0 fully saturated rings. The zero-order valence-electron chi connectivity index (χ0n) is 11.3. The van der Waals surface area contributed by atoms with Crippen molar-refractivity contribution in [3.05, 3.63) is 29.3 Å². The van der Waals surface area contributed by atoms with E-state index in [9.17, 15) is 17.2 Å². The molecule has 0 spiro atoms. The van der Waals surface area contributed by atoms with Gasteiger partial charge >= 0.3 is 0 Å². The first-order valence-corrected chi connectivity index (χ1v) is 7.53. The summed E-state index contributed by atoms with van der Waals surface area (Å²) in [5, 5.41) is 0. The maximum Gasteiger partial charge on any atom is 0.243 e. The number of halogens is 2. The Kier molecular flexibility index (Phi) is 6.00. The van der Waals surface area contributed by atoms with Crippen LogP contribution in [0.15, 0.2) is 17.0 Å². The van der Waals surface area contributed by atoms with E-state index in [1.807, 2.05) is 0 Å². The number of hydrogen-bond donors (Lipinski definition) is 2. The van der Waals surface area contributed by atoms with Gasteiger partial charge in [0, 0.05) is 19.7 Å². The molecular weight excluding hydrogens is 290 g/mol. The highest BCUT2D eigenvalue weighted by Crippen LogP contribution is 2.20. The molecule has 0 saturated heterocycles. The molecule has 114 valence electrons. The van der Waals surface area contributed by atoms with Crippen LogP contribution in [0.2, 0.25) is 0 Å². The molecule has 1 aromatic rings. The fourth-order valence-electron chi connectivity index (χ4n) is 1.65. The van der Waals surface area contributed by atoms with Crippen LogP contribution in [0.4, 0.5) is 8.78 Å². The molecule has 0 aromatic heterocycles. The van der Waals surface area contributed by atoms with Crippen LogP contribution in [0.5, 0.6) is 0 Å². The van der Waals surface area contributed by atoms with Crippen molar-refractivity contribution in [3.8, 4) is 0 Å². The minimum atomic E-state index is -4.18. The van der Waals surface area contributed by atoms with E-state index in [2.05, 4.69) is 4.72 Å². The lowest BCUT2D eigenvalue weighted by atomic mass is 10.2. The summed E-state index contributed by atoms with van der Waals surface area (Å²) in [4.78, 5) is -0.743. The fourth-order valence-corrected chi connectivity index (χ4v) is 3.09. The summed E-state index contributed by atoms with van der Waals surface area (Å²) in [5.74, 6) is -2.66. The van der Waals surface area contributed by atoms with E-state index in [-0.39, 0.29) is 18.7 Å². The van der Waals surface area contributed by atoms with Gasteiger partial charge in [-0.1, -0.05) is 6.92 Å². The first kappa shape index (κ1) is 17.0. The lowest BCUT2D eigenvalue weighted by Crippen LogP contribution is -2.38. The summed E-state index contributed by atoms with van der Waals surface area (Å²) in [6, 6.07) is 1.38. The van der Waals surface area contributed by atoms with E-state index in [1.165, 1.54) is 7.11 Å². The SMILES string of the molecule is CCC(COC)NS(=O)(=O)c1cc(CN)cc(F)c1F. The number of nitrogens with two attached hydrogens (primary N) is 1. The quantitative estimate of drug-likeness (QED) is 0.791. The van der Waals surface area contributed by atoms with Crippen molar-refractivity contribution in [1.82, 2.24) is 4.72 Å². The standard InChI is InChI=1S/C12H18F2N2O3S/c1-3-9(7-19-2)16-20(17,18)11-5-8(6-15)4-10(13)12(11)14/h4-5,9,16H,3,6-7,15H2,1-2H3. The average Bonchev–Trinajstić information content (AvgIpc) is 2.40. The van der Waals surface area contributed by atoms with Crippen molar-refractivity contribution in [2.45, 2.75) is 30.8 Å². The fraction of sp³-hybridized carbons (Fsp3) is 0.500. The summed E-state index contributed by atoms with van der Waals surface area (Å²) in [6.45, 7) is 1.80. The van der Waals surface area contributed by atoms with Crippen LogP contribution in [0.1, 0.15) is 18.9 Å². The number of nitrogens with one attached hydrogen (secondary N) is 1. The van der Waals surface area contributed by atoms with Gasteiger partial charge in [-0.25, -0.2) is 21.9 Å². The third kappa shape index (κ3) is 3.95. The number of hydrogen-bond acceptors (Lipinski definition) is 4.